The molecule has 0 saturated heterocycles. The van der Waals surface area contributed by atoms with Crippen molar-refractivity contribution in [2.75, 3.05) is 13.6 Å². The number of carboxylic acids is 1. The quantitative estimate of drug-likeness (QED) is 0.633. The first kappa shape index (κ1) is 15.9. The largest absolute Gasteiger partial charge is 0.481 e. The molecule has 0 aromatic heterocycles. The topological polar surface area (TPSA) is 57.6 Å². The molecule has 0 radical (unpaired) electrons. The van der Waals surface area contributed by atoms with E-state index in [1.54, 1.807) is 14.0 Å². The fourth-order valence-corrected chi connectivity index (χ4v) is 1.66. The molecule has 0 saturated carbocycles. The van der Waals surface area contributed by atoms with E-state index in [0.29, 0.717) is 13.0 Å². The van der Waals surface area contributed by atoms with Crippen LogP contribution in [0, 0.1) is 5.92 Å². The first-order valence-electron chi connectivity index (χ1n) is 6.45. The number of aliphatic carboxylic acids is 1. The van der Waals surface area contributed by atoms with Crippen LogP contribution in [-0.4, -0.2) is 35.5 Å². The van der Waals surface area contributed by atoms with Gasteiger partial charge in [0.15, 0.2) is 0 Å². The van der Waals surface area contributed by atoms with E-state index in [-0.39, 0.29) is 5.91 Å². The number of hydrogen-bond donors (Lipinski definition) is 1. The number of unbranched alkanes of at least 4 members (excludes halogenated alkanes) is 4. The van der Waals surface area contributed by atoms with Crippen molar-refractivity contribution < 1.29 is 14.7 Å². The first-order valence-corrected chi connectivity index (χ1v) is 6.45. The molecule has 17 heavy (non-hydrogen) atoms. The molecule has 0 aliphatic heterocycles. The Balaban J connectivity index is 3.71. The monoisotopic (exact) mass is 243 g/mol. The molecule has 4 nitrogen and oxygen atoms in total. The lowest BCUT2D eigenvalue weighted by molar-refractivity contribution is -0.142. The normalized spacial score (nSPS) is 12.2. The van der Waals surface area contributed by atoms with Gasteiger partial charge in [-0.1, -0.05) is 39.5 Å². The van der Waals surface area contributed by atoms with E-state index in [9.17, 15) is 9.59 Å². The molecule has 1 N–H and O–H groups in total. The number of carbonyl (C=O) groups excluding carboxylic acids is 1. The smallest absolute Gasteiger partial charge is 0.308 e. The molecule has 1 unspecified atom stereocenters. The van der Waals surface area contributed by atoms with E-state index in [2.05, 4.69) is 6.92 Å². The van der Waals surface area contributed by atoms with E-state index in [1.165, 1.54) is 24.2 Å². The molecule has 0 aromatic rings. The van der Waals surface area contributed by atoms with Crippen molar-refractivity contribution in [2.45, 2.75) is 52.4 Å². The molecule has 100 valence electrons. The Labute approximate surface area is 104 Å². The van der Waals surface area contributed by atoms with Crippen molar-refractivity contribution in [3.63, 3.8) is 0 Å². The van der Waals surface area contributed by atoms with E-state index in [1.807, 2.05) is 0 Å². The van der Waals surface area contributed by atoms with Gasteiger partial charge < -0.3 is 10.0 Å². The highest BCUT2D eigenvalue weighted by molar-refractivity contribution is 5.77. The molecule has 0 fully saturated rings. The number of nitrogens with zero attached hydrogens (tertiary/aromatic N) is 1. The van der Waals surface area contributed by atoms with Gasteiger partial charge >= 0.3 is 5.97 Å². The Morgan fingerprint density at radius 3 is 2.29 bits per heavy atom. The van der Waals surface area contributed by atoms with Crippen molar-refractivity contribution in [3.8, 4) is 0 Å². The molecule has 0 aliphatic carbocycles. The second-order valence-electron chi connectivity index (χ2n) is 4.68. The Kier molecular flexibility index (Phi) is 8.46. The van der Waals surface area contributed by atoms with Gasteiger partial charge in [0.1, 0.15) is 0 Å². The summed E-state index contributed by atoms with van der Waals surface area (Å²) in [5, 5.41) is 8.75. The summed E-state index contributed by atoms with van der Waals surface area (Å²) in [6.07, 6.45) is 6.13. The summed E-state index contributed by atoms with van der Waals surface area (Å²) >= 11 is 0. The summed E-state index contributed by atoms with van der Waals surface area (Å²) in [7, 11) is 1.67. The molecule has 0 rings (SSSR count). The number of amides is 1. The maximum absolute atomic E-state index is 11.7. The van der Waals surface area contributed by atoms with Gasteiger partial charge in [-0.25, -0.2) is 0 Å². The minimum absolute atomic E-state index is 0.0506. The van der Waals surface area contributed by atoms with Crippen molar-refractivity contribution in [2.24, 2.45) is 5.92 Å². The Morgan fingerprint density at radius 1 is 1.18 bits per heavy atom. The number of carboxylic acid groups (broad SMARTS) is 1. The number of rotatable bonds is 9. The summed E-state index contributed by atoms with van der Waals surface area (Å²) in [6, 6.07) is 0. The average Bonchev–Trinajstić information content (AvgIpc) is 2.28. The van der Waals surface area contributed by atoms with Gasteiger partial charge in [0.05, 0.1) is 5.92 Å². The minimum atomic E-state index is -0.854. The van der Waals surface area contributed by atoms with Crippen LogP contribution in [0.4, 0.5) is 0 Å². The second kappa shape index (κ2) is 9.02. The lowest BCUT2D eigenvalue weighted by Crippen LogP contribution is -2.33. The van der Waals surface area contributed by atoms with E-state index in [0.717, 1.165) is 12.8 Å². The summed E-state index contributed by atoms with van der Waals surface area (Å²) in [5.74, 6) is -1.30. The highest BCUT2D eigenvalue weighted by Gasteiger charge is 2.16. The highest BCUT2D eigenvalue weighted by atomic mass is 16.4. The lowest BCUT2D eigenvalue weighted by atomic mass is 10.1. The fraction of sp³-hybridized carbons (Fsp3) is 0.846. The van der Waals surface area contributed by atoms with Gasteiger partial charge in [-0.05, 0) is 6.42 Å². The zero-order chi connectivity index (χ0) is 13.3. The molecule has 0 spiro atoms. The Bertz CT molecular complexity index is 241. The van der Waals surface area contributed by atoms with Crippen LogP contribution in [0.1, 0.15) is 52.4 Å². The van der Waals surface area contributed by atoms with Crippen molar-refractivity contribution in [3.05, 3.63) is 0 Å². The zero-order valence-corrected chi connectivity index (χ0v) is 11.2. The molecule has 1 amide bonds. The summed E-state index contributed by atoms with van der Waals surface area (Å²) in [4.78, 5) is 23.8. The van der Waals surface area contributed by atoms with Gasteiger partial charge in [0, 0.05) is 20.0 Å². The summed E-state index contributed by atoms with van der Waals surface area (Å²) in [5.41, 5.74) is 0. The molecule has 4 heteroatoms. The summed E-state index contributed by atoms with van der Waals surface area (Å²) < 4.78 is 0. The molecule has 1 atom stereocenters. The maximum atomic E-state index is 11.7. The van der Waals surface area contributed by atoms with Gasteiger partial charge in [-0.3, -0.25) is 9.59 Å². The Hall–Kier alpha value is -1.06. The third-order valence-electron chi connectivity index (χ3n) is 2.89. The van der Waals surface area contributed by atoms with E-state index in [4.69, 9.17) is 5.11 Å². The number of carbonyl (C=O) groups is 2. The molecule has 0 aliphatic rings. The van der Waals surface area contributed by atoms with Crippen LogP contribution in [0.2, 0.25) is 0 Å². The molecule has 0 bridgehead atoms. The van der Waals surface area contributed by atoms with Crippen LogP contribution < -0.4 is 0 Å². The second-order valence-corrected chi connectivity index (χ2v) is 4.68. The van der Waals surface area contributed by atoms with Crippen LogP contribution in [0.25, 0.3) is 0 Å². The van der Waals surface area contributed by atoms with Crippen molar-refractivity contribution in [1.29, 1.82) is 0 Å². The number of hydrogen-bond acceptors (Lipinski definition) is 2. The molecule has 0 aromatic carbocycles. The van der Waals surface area contributed by atoms with Crippen LogP contribution in [0.3, 0.4) is 0 Å². The van der Waals surface area contributed by atoms with E-state index < -0.39 is 11.9 Å². The predicted octanol–water partition coefficient (Wildman–Crippen LogP) is 2.53. The van der Waals surface area contributed by atoms with Crippen molar-refractivity contribution in [1.82, 2.24) is 4.90 Å². The molecular weight excluding hydrogens is 218 g/mol. The Morgan fingerprint density at radius 2 is 1.76 bits per heavy atom. The molecular formula is C13H25NO3. The third-order valence-corrected chi connectivity index (χ3v) is 2.89. The van der Waals surface area contributed by atoms with Gasteiger partial charge in [0.2, 0.25) is 5.91 Å². The van der Waals surface area contributed by atoms with Crippen LogP contribution in [0.15, 0.2) is 0 Å². The fourth-order valence-electron chi connectivity index (χ4n) is 1.66. The highest BCUT2D eigenvalue weighted by Crippen LogP contribution is 2.07. The van der Waals surface area contributed by atoms with Crippen LogP contribution in [0.5, 0.6) is 0 Å². The predicted molar refractivity (Wildman–Crippen MR) is 67.8 cm³/mol. The van der Waals surface area contributed by atoms with Gasteiger partial charge in [0.25, 0.3) is 0 Å². The van der Waals surface area contributed by atoms with Gasteiger partial charge in [-0.15, -0.1) is 0 Å². The zero-order valence-electron chi connectivity index (χ0n) is 11.2. The minimum Gasteiger partial charge on any atom is -0.481 e. The standard InChI is InChI=1S/C13H25NO3/c1-4-5-6-7-8-9-12(15)14(3)10-11(2)13(16)17/h11H,4-10H2,1-3H3,(H,16,17). The van der Waals surface area contributed by atoms with Crippen LogP contribution >= 0.6 is 0 Å². The van der Waals surface area contributed by atoms with E-state index >= 15 is 0 Å². The first-order chi connectivity index (χ1) is 7.99. The third kappa shape index (κ3) is 7.77. The maximum Gasteiger partial charge on any atom is 0.308 e. The van der Waals surface area contributed by atoms with Crippen LogP contribution in [-0.2, 0) is 9.59 Å². The summed E-state index contributed by atoms with van der Waals surface area (Å²) in [6.45, 7) is 4.07. The van der Waals surface area contributed by atoms with Gasteiger partial charge in [-0.2, -0.15) is 0 Å². The van der Waals surface area contributed by atoms with Crippen molar-refractivity contribution >= 4 is 11.9 Å². The average molecular weight is 243 g/mol. The SMILES string of the molecule is CCCCCCCC(=O)N(C)CC(C)C(=O)O. The lowest BCUT2D eigenvalue weighted by Gasteiger charge is -2.19. The molecule has 0 heterocycles.